The smallest absolute Gasteiger partial charge is 0.332 e. The van der Waals surface area contributed by atoms with Gasteiger partial charge < -0.3 is 20.9 Å². The Bertz CT molecular complexity index is 1550. The summed E-state index contributed by atoms with van der Waals surface area (Å²) in [4.78, 5) is 54.0. The van der Waals surface area contributed by atoms with Crippen molar-refractivity contribution in [2.75, 3.05) is 28.6 Å². The molecule has 0 radical (unpaired) electrons. The summed E-state index contributed by atoms with van der Waals surface area (Å²) in [6, 6.07) is 14.3. The number of nitrogens with two attached hydrogens (primary N) is 1. The number of hydrogen-bond acceptors (Lipinski definition) is 7. The molecule has 1 aromatic heterocycles. The van der Waals surface area contributed by atoms with Gasteiger partial charge >= 0.3 is 6.03 Å². The van der Waals surface area contributed by atoms with E-state index >= 15 is 0 Å². The molecule has 3 aliphatic heterocycles. The monoisotopic (exact) mass is 539 g/mol. The molecule has 6 rings (SSSR count). The number of carbonyl (C=O) groups is 3. The molecule has 1 fully saturated rings. The topological polar surface area (TPSA) is 125 Å². The maximum absolute atomic E-state index is 14.0. The van der Waals surface area contributed by atoms with Gasteiger partial charge in [-0.25, -0.2) is 19.7 Å². The highest BCUT2D eigenvalue weighted by Gasteiger charge is 2.52. The van der Waals surface area contributed by atoms with Crippen molar-refractivity contribution in [1.82, 2.24) is 20.2 Å². The fourth-order valence-corrected chi connectivity index (χ4v) is 6.09. The Morgan fingerprint density at radius 1 is 1.10 bits per heavy atom. The average Bonchev–Trinajstić information content (AvgIpc) is 3.29. The van der Waals surface area contributed by atoms with E-state index in [0.717, 1.165) is 29.8 Å². The number of imide groups is 1. The summed E-state index contributed by atoms with van der Waals surface area (Å²) in [7, 11) is 0. The summed E-state index contributed by atoms with van der Waals surface area (Å²) < 4.78 is 0. The lowest BCUT2D eigenvalue weighted by Crippen LogP contribution is -2.44. The SMILES string of the molecule is CC1(C)CN(C(=O)C2NCCc3ccccc32)c2cc(N3C(=O)N(Cc4ccnc(N)n4)C(C)(C)C3=O)ccc21. The van der Waals surface area contributed by atoms with Crippen molar-refractivity contribution in [1.29, 1.82) is 0 Å². The van der Waals surface area contributed by atoms with Crippen LogP contribution in [0.5, 0.6) is 0 Å². The number of nitrogens with zero attached hydrogens (tertiary/aromatic N) is 5. The van der Waals surface area contributed by atoms with Crippen molar-refractivity contribution >= 4 is 35.2 Å². The summed E-state index contributed by atoms with van der Waals surface area (Å²) in [5, 5.41) is 3.40. The number of benzene rings is 2. The fourth-order valence-electron chi connectivity index (χ4n) is 6.09. The zero-order chi connectivity index (χ0) is 28.4. The molecule has 10 nitrogen and oxygen atoms in total. The van der Waals surface area contributed by atoms with E-state index in [1.165, 1.54) is 21.6 Å². The van der Waals surface area contributed by atoms with Crippen LogP contribution in [0.4, 0.5) is 22.1 Å². The van der Waals surface area contributed by atoms with E-state index in [1.54, 1.807) is 36.9 Å². The molecule has 1 atom stereocenters. The Morgan fingerprint density at radius 3 is 2.65 bits per heavy atom. The zero-order valence-electron chi connectivity index (χ0n) is 23.1. The van der Waals surface area contributed by atoms with Crippen molar-refractivity contribution < 1.29 is 14.4 Å². The number of anilines is 3. The van der Waals surface area contributed by atoms with Gasteiger partial charge in [0, 0.05) is 30.4 Å². The molecule has 1 saturated heterocycles. The van der Waals surface area contributed by atoms with Crippen LogP contribution in [0, 0.1) is 0 Å². The Hall–Kier alpha value is -4.31. The van der Waals surface area contributed by atoms with Crippen molar-refractivity contribution in [3.63, 3.8) is 0 Å². The number of fused-ring (bicyclic) bond motifs is 2. The molecule has 3 aromatic rings. The molecule has 0 spiro atoms. The van der Waals surface area contributed by atoms with Crippen LogP contribution in [0.1, 0.15) is 56.1 Å². The van der Waals surface area contributed by atoms with E-state index in [1.807, 2.05) is 24.3 Å². The number of aromatic nitrogens is 2. The van der Waals surface area contributed by atoms with Gasteiger partial charge in [-0.05, 0) is 55.2 Å². The van der Waals surface area contributed by atoms with E-state index in [0.29, 0.717) is 17.9 Å². The van der Waals surface area contributed by atoms with Gasteiger partial charge in [0.15, 0.2) is 0 Å². The Kier molecular flexibility index (Phi) is 5.92. The molecule has 4 amide bonds. The number of rotatable bonds is 4. The molecule has 2 aromatic carbocycles. The first-order valence-corrected chi connectivity index (χ1v) is 13.5. The third-order valence-corrected chi connectivity index (χ3v) is 8.31. The summed E-state index contributed by atoms with van der Waals surface area (Å²) >= 11 is 0. The van der Waals surface area contributed by atoms with E-state index in [2.05, 4.69) is 35.2 Å². The molecular formula is C30H33N7O3. The van der Waals surface area contributed by atoms with Gasteiger partial charge in [0.1, 0.15) is 11.6 Å². The third kappa shape index (κ3) is 4.02. The molecule has 0 aliphatic carbocycles. The Morgan fingerprint density at radius 2 is 1.88 bits per heavy atom. The lowest BCUT2D eigenvalue weighted by atomic mass is 9.87. The van der Waals surface area contributed by atoms with Gasteiger partial charge in [0.05, 0.1) is 17.9 Å². The second-order valence-corrected chi connectivity index (χ2v) is 11.8. The molecule has 0 bridgehead atoms. The number of nitrogens with one attached hydrogen (secondary N) is 1. The zero-order valence-corrected chi connectivity index (χ0v) is 23.1. The van der Waals surface area contributed by atoms with E-state index < -0.39 is 17.6 Å². The normalized spacial score (nSPS) is 21.0. The van der Waals surface area contributed by atoms with Crippen LogP contribution in [-0.2, 0) is 28.0 Å². The largest absolute Gasteiger partial charge is 0.368 e. The van der Waals surface area contributed by atoms with Crippen molar-refractivity contribution in [3.05, 3.63) is 77.1 Å². The minimum absolute atomic E-state index is 0.0430. The second-order valence-electron chi connectivity index (χ2n) is 11.8. The van der Waals surface area contributed by atoms with Gasteiger partial charge in [-0.2, -0.15) is 0 Å². The summed E-state index contributed by atoms with van der Waals surface area (Å²) in [5.74, 6) is -0.290. The number of hydrogen-bond donors (Lipinski definition) is 2. The number of carbonyl (C=O) groups excluding carboxylic acids is 3. The van der Waals surface area contributed by atoms with Gasteiger partial charge in [0.25, 0.3) is 5.91 Å². The molecule has 0 saturated carbocycles. The van der Waals surface area contributed by atoms with Crippen LogP contribution in [0.2, 0.25) is 0 Å². The minimum Gasteiger partial charge on any atom is -0.368 e. The second kappa shape index (κ2) is 9.12. The standard InChI is InChI=1S/C30H33N7O3/c1-29(2)17-35(25(38)24-21-8-6-5-7-18(21)11-13-32-24)23-15-20(9-10-22(23)29)37-26(39)30(3,4)36(28(37)40)16-19-12-14-33-27(31)34-19/h5-10,12,14-15,24,32H,11,13,16-17H2,1-4H3,(H2,31,33,34). The van der Waals surface area contributed by atoms with Gasteiger partial charge in [-0.3, -0.25) is 9.59 Å². The molecule has 40 heavy (non-hydrogen) atoms. The van der Waals surface area contributed by atoms with Crippen molar-refractivity contribution in [2.45, 2.75) is 57.7 Å². The molecule has 1 unspecified atom stereocenters. The van der Waals surface area contributed by atoms with Crippen LogP contribution in [0.3, 0.4) is 0 Å². The minimum atomic E-state index is -1.11. The predicted octanol–water partition coefficient (Wildman–Crippen LogP) is 3.32. The Balaban J connectivity index is 1.35. The van der Waals surface area contributed by atoms with Gasteiger partial charge in [-0.15, -0.1) is 0 Å². The number of urea groups is 1. The average molecular weight is 540 g/mol. The van der Waals surface area contributed by atoms with Crippen LogP contribution in [0.25, 0.3) is 0 Å². The molecule has 4 heterocycles. The summed E-state index contributed by atoms with van der Waals surface area (Å²) in [6.07, 6.45) is 2.40. The third-order valence-electron chi connectivity index (χ3n) is 8.31. The first kappa shape index (κ1) is 25.9. The molecule has 3 N–H and O–H groups in total. The molecule has 10 heteroatoms. The van der Waals surface area contributed by atoms with Crippen molar-refractivity contribution in [3.8, 4) is 0 Å². The molecular weight excluding hydrogens is 506 g/mol. The lowest BCUT2D eigenvalue weighted by molar-refractivity contribution is -0.123. The number of nitrogen functional groups attached to an aromatic ring is 1. The first-order chi connectivity index (χ1) is 19.0. The maximum Gasteiger partial charge on any atom is 0.332 e. The van der Waals surface area contributed by atoms with Crippen LogP contribution in [0.15, 0.2) is 54.7 Å². The highest BCUT2D eigenvalue weighted by Crippen LogP contribution is 2.45. The van der Waals surface area contributed by atoms with E-state index in [9.17, 15) is 14.4 Å². The van der Waals surface area contributed by atoms with Gasteiger partial charge in [0.2, 0.25) is 11.9 Å². The van der Waals surface area contributed by atoms with Crippen molar-refractivity contribution in [2.24, 2.45) is 0 Å². The maximum atomic E-state index is 14.0. The van der Waals surface area contributed by atoms with Crippen LogP contribution < -0.4 is 20.9 Å². The van der Waals surface area contributed by atoms with E-state index in [4.69, 9.17) is 5.73 Å². The highest BCUT2D eigenvalue weighted by molar-refractivity contribution is 6.23. The highest BCUT2D eigenvalue weighted by atomic mass is 16.2. The van der Waals surface area contributed by atoms with E-state index in [-0.39, 0.29) is 29.7 Å². The lowest BCUT2D eigenvalue weighted by Gasteiger charge is -2.30. The quantitative estimate of drug-likeness (QED) is 0.488. The summed E-state index contributed by atoms with van der Waals surface area (Å²) in [6.45, 7) is 8.97. The molecule has 3 aliphatic rings. The van der Waals surface area contributed by atoms with Crippen LogP contribution in [-0.4, -0.2) is 51.3 Å². The fraction of sp³-hybridized carbons (Fsp3) is 0.367. The van der Waals surface area contributed by atoms with Crippen LogP contribution >= 0.6 is 0 Å². The molecule has 206 valence electrons. The predicted molar refractivity (Wildman–Crippen MR) is 152 cm³/mol. The Labute approximate surface area is 233 Å². The van der Waals surface area contributed by atoms with Gasteiger partial charge in [-0.1, -0.05) is 44.2 Å². The summed E-state index contributed by atoms with van der Waals surface area (Å²) in [5.41, 5.74) is 9.18. The first-order valence-electron chi connectivity index (χ1n) is 13.5. The number of amides is 4.